The average Bonchev–Trinajstić information content (AvgIpc) is 2.33. The molecule has 1 aromatic carbocycles. The predicted octanol–water partition coefficient (Wildman–Crippen LogP) is 3.12. The van der Waals surface area contributed by atoms with E-state index in [1.165, 1.54) is 31.2 Å². The molecular formula is C15H23NO. The molecule has 0 aliphatic heterocycles. The van der Waals surface area contributed by atoms with Crippen molar-refractivity contribution in [2.45, 2.75) is 38.0 Å². The maximum Gasteiger partial charge on any atom is 0.122 e. The smallest absolute Gasteiger partial charge is 0.122 e. The fourth-order valence-corrected chi connectivity index (χ4v) is 2.73. The van der Waals surface area contributed by atoms with Crippen LogP contribution in [0.1, 0.15) is 38.2 Å². The Labute approximate surface area is 104 Å². The van der Waals surface area contributed by atoms with Crippen molar-refractivity contribution < 1.29 is 4.74 Å². The van der Waals surface area contributed by atoms with Gasteiger partial charge in [-0.1, -0.05) is 31.5 Å². The van der Waals surface area contributed by atoms with Gasteiger partial charge in [0.1, 0.15) is 5.75 Å². The topological polar surface area (TPSA) is 21.3 Å². The van der Waals surface area contributed by atoms with E-state index in [1.807, 2.05) is 6.07 Å². The first kappa shape index (κ1) is 12.4. The van der Waals surface area contributed by atoms with E-state index in [0.717, 1.165) is 18.8 Å². The van der Waals surface area contributed by atoms with Crippen LogP contribution in [0.25, 0.3) is 0 Å². The third-order valence-electron chi connectivity index (χ3n) is 3.88. The van der Waals surface area contributed by atoms with Crippen molar-refractivity contribution in [1.29, 1.82) is 0 Å². The normalized spacial score (nSPS) is 17.5. The second-order valence-corrected chi connectivity index (χ2v) is 5.01. The predicted molar refractivity (Wildman–Crippen MR) is 71.7 cm³/mol. The van der Waals surface area contributed by atoms with Crippen molar-refractivity contribution >= 4 is 0 Å². The maximum absolute atomic E-state index is 5.51. The molecule has 0 radical (unpaired) electrons. The Morgan fingerprint density at radius 3 is 2.65 bits per heavy atom. The van der Waals surface area contributed by atoms with E-state index in [9.17, 15) is 0 Å². The number of rotatable bonds is 6. The number of benzene rings is 1. The van der Waals surface area contributed by atoms with Crippen molar-refractivity contribution in [2.75, 3.05) is 20.2 Å². The minimum absolute atomic E-state index is 0.321. The Morgan fingerprint density at radius 2 is 2.06 bits per heavy atom. The molecule has 0 amide bonds. The van der Waals surface area contributed by atoms with E-state index in [1.54, 1.807) is 7.11 Å². The van der Waals surface area contributed by atoms with E-state index in [4.69, 9.17) is 4.74 Å². The molecule has 0 saturated heterocycles. The molecule has 1 aliphatic rings. The minimum atomic E-state index is 0.321. The second kappa shape index (κ2) is 5.54. The van der Waals surface area contributed by atoms with Gasteiger partial charge < -0.3 is 10.1 Å². The molecule has 1 fully saturated rings. The number of methoxy groups -OCH3 is 1. The van der Waals surface area contributed by atoms with Crippen molar-refractivity contribution in [3.8, 4) is 5.75 Å². The van der Waals surface area contributed by atoms with Gasteiger partial charge in [0, 0.05) is 17.5 Å². The van der Waals surface area contributed by atoms with Gasteiger partial charge in [-0.2, -0.15) is 0 Å². The SMILES string of the molecule is CCCNCC1(c2ccccc2OC)CCC1. The summed E-state index contributed by atoms with van der Waals surface area (Å²) in [5, 5.41) is 3.57. The zero-order valence-electron chi connectivity index (χ0n) is 11.0. The van der Waals surface area contributed by atoms with Crippen LogP contribution in [0.15, 0.2) is 24.3 Å². The van der Waals surface area contributed by atoms with Gasteiger partial charge in [-0.15, -0.1) is 0 Å². The van der Waals surface area contributed by atoms with Crippen molar-refractivity contribution in [2.24, 2.45) is 0 Å². The highest BCUT2D eigenvalue weighted by Crippen LogP contribution is 2.46. The fourth-order valence-electron chi connectivity index (χ4n) is 2.73. The van der Waals surface area contributed by atoms with Gasteiger partial charge in [-0.25, -0.2) is 0 Å². The molecule has 0 spiro atoms. The molecule has 2 heteroatoms. The highest BCUT2D eigenvalue weighted by molar-refractivity contribution is 5.41. The van der Waals surface area contributed by atoms with Crippen LogP contribution in [0.2, 0.25) is 0 Å². The summed E-state index contributed by atoms with van der Waals surface area (Å²) < 4.78 is 5.51. The summed E-state index contributed by atoms with van der Waals surface area (Å²) in [6, 6.07) is 8.48. The molecule has 1 aliphatic carbocycles. The molecule has 94 valence electrons. The van der Waals surface area contributed by atoms with Gasteiger partial charge >= 0.3 is 0 Å². The van der Waals surface area contributed by atoms with Gasteiger partial charge in [0.25, 0.3) is 0 Å². The number of para-hydroxylation sites is 1. The number of hydrogen-bond donors (Lipinski definition) is 1. The highest BCUT2D eigenvalue weighted by atomic mass is 16.5. The van der Waals surface area contributed by atoms with Crippen molar-refractivity contribution in [1.82, 2.24) is 5.32 Å². The molecule has 0 unspecified atom stereocenters. The van der Waals surface area contributed by atoms with Crippen LogP contribution in [0.3, 0.4) is 0 Å². The van der Waals surface area contributed by atoms with Gasteiger partial charge in [0.2, 0.25) is 0 Å². The first-order valence-electron chi connectivity index (χ1n) is 6.66. The lowest BCUT2D eigenvalue weighted by molar-refractivity contribution is 0.226. The fraction of sp³-hybridized carbons (Fsp3) is 0.600. The zero-order valence-corrected chi connectivity index (χ0v) is 11.0. The molecule has 2 rings (SSSR count). The Kier molecular flexibility index (Phi) is 4.06. The Hall–Kier alpha value is -1.02. The first-order valence-corrected chi connectivity index (χ1v) is 6.66. The van der Waals surface area contributed by atoms with E-state index in [2.05, 4.69) is 30.4 Å². The largest absolute Gasteiger partial charge is 0.496 e. The lowest BCUT2D eigenvalue weighted by atomic mass is 9.64. The zero-order chi connectivity index (χ0) is 12.1. The molecule has 1 aromatic rings. The van der Waals surface area contributed by atoms with E-state index in [0.29, 0.717) is 5.41 Å². The average molecular weight is 233 g/mol. The molecule has 1 saturated carbocycles. The van der Waals surface area contributed by atoms with Gasteiger partial charge in [-0.3, -0.25) is 0 Å². The lowest BCUT2D eigenvalue weighted by Gasteiger charge is -2.43. The molecule has 0 aromatic heterocycles. The number of hydrogen-bond acceptors (Lipinski definition) is 2. The minimum Gasteiger partial charge on any atom is -0.496 e. The van der Waals surface area contributed by atoms with Crippen LogP contribution < -0.4 is 10.1 Å². The highest BCUT2D eigenvalue weighted by Gasteiger charge is 2.39. The third-order valence-corrected chi connectivity index (χ3v) is 3.88. The standard InChI is InChI=1S/C15H23NO/c1-3-11-16-12-15(9-6-10-15)13-7-4-5-8-14(13)17-2/h4-5,7-8,16H,3,6,9-12H2,1-2H3. The van der Waals surface area contributed by atoms with Gasteiger partial charge in [-0.05, 0) is 31.9 Å². The Bertz CT molecular complexity index is 358. The number of ether oxygens (including phenoxy) is 1. The molecule has 0 heterocycles. The summed E-state index contributed by atoms with van der Waals surface area (Å²) in [6.45, 7) is 4.40. The molecule has 1 N–H and O–H groups in total. The lowest BCUT2D eigenvalue weighted by Crippen LogP contribution is -2.44. The van der Waals surface area contributed by atoms with E-state index in [-0.39, 0.29) is 0 Å². The van der Waals surface area contributed by atoms with Crippen molar-refractivity contribution in [3.63, 3.8) is 0 Å². The Morgan fingerprint density at radius 1 is 1.29 bits per heavy atom. The Balaban J connectivity index is 2.16. The van der Waals surface area contributed by atoms with E-state index < -0.39 is 0 Å². The molecule has 0 bridgehead atoms. The monoisotopic (exact) mass is 233 g/mol. The third kappa shape index (κ3) is 2.47. The summed E-state index contributed by atoms with van der Waals surface area (Å²) in [4.78, 5) is 0. The van der Waals surface area contributed by atoms with Crippen molar-refractivity contribution in [3.05, 3.63) is 29.8 Å². The summed E-state index contributed by atoms with van der Waals surface area (Å²) in [7, 11) is 1.77. The summed E-state index contributed by atoms with van der Waals surface area (Å²) in [5.41, 5.74) is 1.71. The van der Waals surface area contributed by atoms with Crippen LogP contribution in [-0.2, 0) is 5.41 Å². The summed E-state index contributed by atoms with van der Waals surface area (Å²) in [6.07, 6.45) is 5.10. The van der Waals surface area contributed by atoms with Crippen LogP contribution in [0, 0.1) is 0 Å². The maximum atomic E-state index is 5.51. The van der Waals surface area contributed by atoms with Crippen LogP contribution in [0.5, 0.6) is 5.75 Å². The van der Waals surface area contributed by atoms with Gasteiger partial charge in [0.05, 0.1) is 7.11 Å². The molecular weight excluding hydrogens is 210 g/mol. The number of nitrogens with one attached hydrogen (secondary N) is 1. The quantitative estimate of drug-likeness (QED) is 0.762. The molecule has 17 heavy (non-hydrogen) atoms. The summed E-state index contributed by atoms with van der Waals surface area (Å²) in [5.74, 6) is 1.05. The molecule has 0 atom stereocenters. The van der Waals surface area contributed by atoms with Crippen LogP contribution in [0.4, 0.5) is 0 Å². The molecule has 2 nitrogen and oxygen atoms in total. The van der Waals surface area contributed by atoms with Crippen LogP contribution in [-0.4, -0.2) is 20.2 Å². The van der Waals surface area contributed by atoms with Crippen LogP contribution >= 0.6 is 0 Å². The second-order valence-electron chi connectivity index (χ2n) is 5.01. The first-order chi connectivity index (χ1) is 8.32. The van der Waals surface area contributed by atoms with E-state index >= 15 is 0 Å². The summed E-state index contributed by atoms with van der Waals surface area (Å²) >= 11 is 0. The van der Waals surface area contributed by atoms with Gasteiger partial charge in [0.15, 0.2) is 0 Å².